The fourth-order valence-electron chi connectivity index (χ4n) is 2.43. The average Bonchev–Trinajstić information content (AvgIpc) is 2.76. The van der Waals surface area contributed by atoms with E-state index in [1.165, 1.54) is 20.7 Å². The Bertz CT molecular complexity index is 759. The number of aromatic nitrogens is 1. The molecule has 2 aromatic carbocycles. The standard InChI is InChI=1S/C16H16N2S2/c1-17(11-13-7-3-2-4-8-13)12-18-14-9-5-6-10-15(14)20-16(18)19/h2-10H,11-12H2,1H3/p+1. The van der Waals surface area contributed by atoms with Gasteiger partial charge in [0.1, 0.15) is 6.54 Å². The van der Waals surface area contributed by atoms with E-state index in [0.717, 1.165) is 17.2 Å². The summed E-state index contributed by atoms with van der Waals surface area (Å²) >= 11 is 7.20. The molecule has 0 radical (unpaired) electrons. The van der Waals surface area contributed by atoms with E-state index in [2.05, 4.69) is 66.2 Å². The smallest absolute Gasteiger partial charge is 0.166 e. The van der Waals surface area contributed by atoms with E-state index in [-0.39, 0.29) is 0 Å². The molecule has 20 heavy (non-hydrogen) atoms. The van der Waals surface area contributed by atoms with Gasteiger partial charge in [0.15, 0.2) is 10.6 Å². The first-order valence-electron chi connectivity index (χ1n) is 6.67. The van der Waals surface area contributed by atoms with Crippen LogP contribution in [-0.4, -0.2) is 11.6 Å². The molecule has 4 heteroatoms. The monoisotopic (exact) mass is 301 g/mol. The number of rotatable bonds is 4. The van der Waals surface area contributed by atoms with Gasteiger partial charge in [0.2, 0.25) is 0 Å². The third-order valence-electron chi connectivity index (χ3n) is 3.35. The van der Waals surface area contributed by atoms with Gasteiger partial charge < -0.3 is 4.90 Å². The second kappa shape index (κ2) is 5.87. The molecular weight excluding hydrogens is 284 g/mol. The van der Waals surface area contributed by atoms with Gasteiger partial charge in [-0.25, -0.2) is 0 Å². The zero-order valence-electron chi connectivity index (χ0n) is 11.4. The topological polar surface area (TPSA) is 9.37 Å². The van der Waals surface area contributed by atoms with E-state index in [4.69, 9.17) is 12.2 Å². The molecule has 3 aromatic rings. The number of para-hydroxylation sites is 1. The first-order chi connectivity index (χ1) is 9.74. The minimum Gasteiger partial charge on any atom is -0.316 e. The molecule has 0 fully saturated rings. The minimum atomic E-state index is 0.901. The first kappa shape index (κ1) is 13.5. The average molecular weight is 301 g/mol. The van der Waals surface area contributed by atoms with Gasteiger partial charge in [-0.05, 0) is 24.4 Å². The second-order valence-electron chi connectivity index (χ2n) is 5.04. The van der Waals surface area contributed by atoms with E-state index in [1.807, 2.05) is 0 Å². The number of nitrogens with zero attached hydrogens (tertiary/aromatic N) is 1. The third-order valence-corrected chi connectivity index (χ3v) is 4.78. The molecule has 1 unspecified atom stereocenters. The van der Waals surface area contributed by atoms with Crippen molar-refractivity contribution in [3.05, 3.63) is 64.1 Å². The van der Waals surface area contributed by atoms with Crippen molar-refractivity contribution < 1.29 is 4.90 Å². The summed E-state index contributed by atoms with van der Waals surface area (Å²) in [6.45, 7) is 1.91. The van der Waals surface area contributed by atoms with E-state index in [0.29, 0.717) is 0 Å². The predicted molar refractivity (Wildman–Crippen MR) is 87.7 cm³/mol. The molecule has 0 aliphatic heterocycles. The first-order valence-corrected chi connectivity index (χ1v) is 7.90. The summed E-state index contributed by atoms with van der Waals surface area (Å²) in [4.78, 5) is 1.43. The van der Waals surface area contributed by atoms with Crippen LogP contribution in [0, 0.1) is 3.95 Å². The van der Waals surface area contributed by atoms with Crippen LogP contribution in [0.25, 0.3) is 10.2 Å². The van der Waals surface area contributed by atoms with Crippen molar-refractivity contribution in [1.29, 1.82) is 0 Å². The van der Waals surface area contributed by atoms with E-state index < -0.39 is 0 Å². The van der Waals surface area contributed by atoms with Crippen molar-refractivity contribution >= 4 is 33.8 Å². The Kier molecular flexibility index (Phi) is 3.96. The zero-order valence-corrected chi connectivity index (χ0v) is 13.0. The van der Waals surface area contributed by atoms with Gasteiger partial charge in [-0.1, -0.05) is 42.5 Å². The zero-order chi connectivity index (χ0) is 13.9. The maximum Gasteiger partial charge on any atom is 0.166 e. The molecule has 0 saturated carbocycles. The molecule has 1 heterocycles. The highest BCUT2D eigenvalue weighted by molar-refractivity contribution is 7.73. The molecule has 3 rings (SSSR count). The third kappa shape index (κ3) is 2.82. The summed E-state index contributed by atoms with van der Waals surface area (Å²) < 4.78 is 4.47. The molecule has 0 bridgehead atoms. The summed E-state index contributed by atoms with van der Waals surface area (Å²) in [5.41, 5.74) is 2.60. The van der Waals surface area contributed by atoms with Gasteiger partial charge >= 0.3 is 0 Å². The Hall–Kier alpha value is -1.49. The van der Waals surface area contributed by atoms with Gasteiger partial charge in [0, 0.05) is 5.56 Å². The molecule has 102 valence electrons. The highest BCUT2D eigenvalue weighted by Crippen LogP contribution is 2.21. The van der Waals surface area contributed by atoms with Crippen LogP contribution in [0.3, 0.4) is 0 Å². The summed E-state index contributed by atoms with van der Waals surface area (Å²) in [7, 11) is 2.21. The lowest BCUT2D eigenvalue weighted by Gasteiger charge is -2.15. The highest BCUT2D eigenvalue weighted by atomic mass is 32.1. The summed E-state index contributed by atoms with van der Waals surface area (Å²) in [5.74, 6) is 0. The van der Waals surface area contributed by atoms with Crippen LogP contribution >= 0.6 is 23.6 Å². The van der Waals surface area contributed by atoms with Crippen molar-refractivity contribution in [1.82, 2.24) is 4.57 Å². The van der Waals surface area contributed by atoms with Crippen LogP contribution in [0.1, 0.15) is 5.56 Å². The van der Waals surface area contributed by atoms with Crippen molar-refractivity contribution in [2.45, 2.75) is 13.2 Å². The van der Waals surface area contributed by atoms with Crippen molar-refractivity contribution in [2.24, 2.45) is 0 Å². The minimum absolute atomic E-state index is 0.901. The lowest BCUT2D eigenvalue weighted by atomic mass is 10.2. The normalized spacial score (nSPS) is 12.7. The SMILES string of the molecule is C[NH+](Cc1ccccc1)Cn1c(=S)sc2ccccc21. The molecule has 2 nitrogen and oxygen atoms in total. The molecular formula is C16H17N2S2+. The molecule has 0 amide bonds. The number of nitrogens with one attached hydrogen (secondary N) is 1. The molecule has 1 N–H and O–H groups in total. The summed E-state index contributed by atoms with van der Waals surface area (Å²) in [6, 6.07) is 19.0. The maximum absolute atomic E-state index is 5.50. The maximum atomic E-state index is 5.50. The van der Waals surface area contributed by atoms with Crippen LogP contribution in [0.5, 0.6) is 0 Å². The Morgan fingerprint density at radius 2 is 1.75 bits per heavy atom. The van der Waals surface area contributed by atoms with Gasteiger partial charge in [-0.2, -0.15) is 0 Å². The van der Waals surface area contributed by atoms with Gasteiger partial charge in [0.25, 0.3) is 0 Å². The van der Waals surface area contributed by atoms with Crippen LogP contribution in [0.4, 0.5) is 0 Å². The molecule has 0 spiro atoms. The summed E-state index contributed by atoms with van der Waals surface area (Å²) in [6.07, 6.45) is 0. The fraction of sp³-hybridized carbons (Fsp3) is 0.188. The van der Waals surface area contributed by atoms with E-state index in [1.54, 1.807) is 11.3 Å². The largest absolute Gasteiger partial charge is 0.316 e. The Labute approximate surface area is 127 Å². The van der Waals surface area contributed by atoms with Gasteiger partial charge in [-0.15, -0.1) is 11.3 Å². The lowest BCUT2D eigenvalue weighted by molar-refractivity contribution is -0.916. The van der Waals surface area contributed by atoms with Crippen molar-refractivity contribution in [3.63, 3.8) is 0 Å². The number of hydrogen-bond donors (Lipinski definition) is 1. The van der Waals surface area contributed by atoms with Crippen LogP contribution in [0.15, 0.2) is 54.6 Å². The number of hydrogen-bond acceptors (Lipinski definition) is 2. The van der Waals surface area contributed by atoms with Crippen molar-refractivity contribution in [2.75, 3.05) is 7.05 Å². The van der Waals surface area contributed by atoms with Crippen LogP contribution < -0.4 is 4.90 Å². The van der Waals surface area contributed by atoms with E-state index >= 15 is 0 Å². The number of quaternary nitrogens is 1. The number of fused-ring (bicyclic) bond motifs is 1. The molecule has 0 aliphatic rings. The van der Waals surface area contributed by atoms with E-state index in [9.17, 15) is 0 Å². The predicted octanol–water partition coefficient (Wildman–Crippen LogP) is 3.10. The highest BCUT2D eigenvalue weighted by Gasteiger charge is 2.09. The lowest BCUT2D eigenvalue weighted by Crippen LogP contribution is -3.06. The Morgan fingerprint density at radius 3 is 2.55 bits per heavy atom. The van der Waals surface area contributed by atoms with Crippen LogP contribution in [-0.2, 0) is 13.2 Å². The second-order valence-corrected chi connectivity index (χ2v) is 6.72. The Balaban J connectivity index is 1.83. The van der Waals surface area contributed by atoms with Crippen molar-refractivity contribution in [3.8, 4) is 0 Å². The molecule has 0 aliphatic carbocycles. The number of thiazole rings is 1. The quantitative estimate of drug-likeness (QED) is 0.729. The van der Waals surface area contributed by atoms with Gasteiger partial charge in [-0.3, -0.25) is 4.57 Å². The fourth-order valence-corrected chi connectivity index (χ4v) is 3.76. The van der Waals surface area contributed by atoms with Gasteiger partial charge in [0.05, 0.1) is 17.3 Å². The molecule has 1 aromatic heterocycles. The molecule has 0 saturated heterocycles. The Morgan fingerprint density at radius 1 is 1.05 bits per heavy atom. The number of benzene rings is 2. The molecule has 1 atom stereocenters. The summed E-state index contributed by atoms with van der Waals surface area (Å²) in [5, 5.41) is 0. The van der Waals surface area contributed by atoms with Crippen LogP contribution in [0.2, 0.25) is 0 Å².